The fourth-order valence-corrected chi connectivity index (χ4v) is 1.30. The van der Waals surface area contributed by atoms with Crippen molar-refractivity contribution in [3.63, 3.8) is 0 Å². The predicted molar refractivity (Wildman–Crippen MR) is 58.9 cm³/mol. The van der Waals surface area contributed by atoms with Crippen LogP contribution < -0.4 is 0 Å². The number of aromatic nitrogens is 3. The van der Waals surface area contributed by atoms with Gasteiger partial charge in [0, 0.05) is 0 Å². The summed E-state index contributed by atoms with van der Waals surface area (Å²) >= 11 is 0. The highest BCUT2D eigenvalue weighted by atomic mass is 19.1. The molecule has 82 valence electrons. The first-order valence-electron chi connectivity index (χ1n) is 4.85. The van der Waals surface area contributed by atoms with Crippen LogP contribution in [0.5, 0.6) is 0 Å². The zero-order chi connectivity index (χ0) is 11.5. The van der Waals surface area contributed by atoms with Crippen molar-refractivity contribution in [1.29, 1.82) is 0 Å². The Hall–Kier alpha value is -2.04. The number of rotatable bonds is 2. The average molecular weight is 218 g/mol. The first-order valence-corrected chi connectivity index (χ1v) is 4.85. The van der Waals surface area contributed by atoms with E-state index in [-0.39, 0.29) is 5.82 Å². The smallest absolute Gasteiger partial charge is 0.151 e. The van der Waals surface area contributed by atoms with Crippen LogP contribution in [0, 0.1) is 19.7 Å². The second-order valence-corrected chi connectivity index (χ2v) is 3.40. The summed E-state index contributed by atoms with van der Waals surface area (Å²) in [6, 6.07) is 6.11. The molecule has 0 N–H and O–H groups in total. The van der Waals surface area contributed by atoms with E-state index in [2.05, 4.69) is 15.3 Å². The van der Waals surface area contributed by atoms with Gasteiger partial charge < -0.3 is 0 Å². The van der Waals surface area contributed by atoms with Gasteiger partial charge in [-0.25, -0.2) is 9.07 Å². The maximum Gasteiger partial charge on any atom is 0.151 e. The Kier molecular flexibility index (Phi) is 2.76. The van der Waals surface area contributed by atoms with Gasteiger partial charge in [-0.05, 0) is 31.5 Å². The maximum absolute atomic E-state index is 12.7. The van der Waals surface area contributed by atoms with Crippen LogP contribution >= 0.6 is 0 Å². The van der Waals surface area contributed by atoms with Gasteiger partial charge in [0.05, 0.1) is 6.21 Å². The Labute approximate surface area is 92.4 Å². The molecule has 0 saturated heterocycles. The number of aryl methyl sites for hydroxylation is 2. The lowest BCUT2D eigenvalue weighted by atomic mass is 10.2. The standard InChI is InChI=1S/C11H11FN4/c1-8-14-15-9(2)16(8)13-7-10-3-5-11(12)6-4-10/h3-7H,1-2H3/b13-7+. The van der Waals surface area contributed by atoms with Crippen molar-refractivity contribution in [2.45, 2.75) is 13.8 Å². The van der Waals surface area contributed by atoms with Crippen molar-refractivity contribution in [1.82, 2.24) is 14.9 Å². The minimum atomic E-state index is -0.256. The molecule has 0 aliphatic heterocycles. The molecule has 1 aromatic carbocycles. The van der Waals surface area contributed by atoms with Gasteiger partial charge in [0.25, 0.3) is 0 Å². The molecule has 2 aromatic rings. The Bertz CT molecular complexity index is 494. The molecule has 0 fully saturated rings. The van der Waals surface area contributed by atoms with E-state index < -0.39 is 0 Å². The molecule has 0 aliphatic carbocycles. The Morgan fingerprint density at radius 1 is 1.12 bits per heavy atom. The van der Waals surface area contributed by atoms with E-state index in [1.807, 2.05) is 13.8 Å². The van der Waals surface area contributed by atoms with Gasteiger partial charge in [-0.2, -0.15) is 5.10 Å². The van der Waals surface area contributed by atoms with Crippen molar-refractivity contribution in [2.75, 3.05) is 0 Å². The van der Waals surface area contributed by atoms with Crippen LogP contribution in [0.4, 0.5) is 4.39 Å². The number of hydrogen-bond donors (Lipinski definition) is 0. The summed E-state index contributed by atoms with van der Waals surface area (Å²) in [5, 5.41) is 12.0. The number of nitrogens with zero attached hydrogens (tertiary/aromatic N) is 4. The van der Waals surface area contributed by atoms with E-state index >= 15 is 0 Å². The third-order valence-electron chi connectivity index (χ3n) is 2.14. The van der Waals surface area contributed by atoms with Crippen LogP contribution in [0.15, 0.2) is 29.4 Å². The van der Waals surface area contributed by atoms with Gasteiger partial charge in [-0.1, -0.05) is 12.1 Å². The molecule has 16 heavy (non-hydrogen) atoms. The third-order valence-corrected chi connectivity index (χ3v) is 2.14. The minimum Gasteiger partial charge on any atom is -0.207 e. The van der Waals surface area contributed by atoms with Crippen LogP contribution in [0.2, 0.25) is 0 Å². The molecule has 0 atom stereocenters. The van der Waals surface area contributed by atoms with Crippen LogP contribution in [-0.4, -0.2) is 21.1 Å². The van der Waals surface area contributed by atoms with E-state index in [9.17, 15) is 4.39 Å². The van der Waals surface area contributed by atoms with Crippen LogP contribution in [0.1, 0.15) is 17.2 Å². The van der Waals surface area contributed by atoms with Crippen LogP contribution in [0.25, 0.3) is 0 Å². The normalized spacial score (nSPS) is 11.2. The fraction of sp³-hybridized carbons (Fsp3) is 0.182. The molecule has 1 aromatic heterocycles. The van der Waals surface area contributed by atoms with Crippen molar-refractivity contribution >= 4 is 6.21 Å². The van der Waals surface area contributed by atoms with Crippen molar-refractivity contribution in [3.05, 3.63) is 47.3 Å². The van der Waals surface area contributed by atoms with Gasteiger partial charge in [0.2, 0.25) is 0 Å². The molecule has 0 unspecified atom stereocenters. The Morgan fingerprint density at radius 2 is 1.69 bits per heavy atom. The van der Waals surface area contributed by atoms with E-state index in [1.165, 1.54) is 12.1 Å². The molecule has 0 radical (unpaired) electrons. The number of hydrogen-bond acceptors (Lipinski definition) is 3. The zero-order valence-electron chi connectivity index (χ0n) is 9.05. The van der Waals surface area contributed by atoms with Gasteiger partial charge in [-0.15, -0.1) is 10.2 Å². The van der Waals surface area contributed by atoms with Crippen LogP contribution in [-0.2, 0) is 0 Å². The Morgan fingerprint density at radius 3 is 2.25 bits per heavy atom. The van der Waals surface area contributed by atoms with Crippen LogP contribution in [0.3, 0.4) is 0 Å². The maximum atomic E-state index is 12.7. The summed E-state index contributed by atoms with van der Waals surface area (Å²) in [6.07, 6.45) is 1.64. The quantitative estimate of drug-likeness (QED) is 0.723. The van der Waals surface area contributed by atoms with E-state index in [1.54, 1.807) is 23.0 Å². The first kappa shape index (κ1) is 10.5. The van der Waals surface area contributed by atoms with E-state index in [0.717, 1.165) is 17.2 Å². The Balaban J connectivity index is 2.24. The molecule has 0 saturated carbocycles. The molecule has 0 bridgehead atoms. The van der Waals surface area contributed by atoms with E-state index in [4.69, 9.17) is 0 Å². The predicted octanol–water partition coefficient (Wildman–Crippen LogP) is 1.92. The molecule has 0 amide bonds. The van der Waals surface area contributed by atoms with Gasteiger partial charge >= 0.3 is 0 Å². The molecule has 0 aliphatic rings. The molecular formula is C11H11FN4. The highest BCUT2D eigenvalue weighted by molar-refractivity contribution is 5.79. The summed E-state index contributed by atoms with van der Waals surface area (Å²) in [5.41, 5.74) is 0.828. The molecule has 2 rings (SSSR count). The highest BCUT2D eigenvalue weighted by Gasteiger charge is 2.00. The number of halogens is 1. The fourth-order valence-electron chi connectivity index (χ4n) is 1.30. The summed E-state index contributed by atoms with van der Waals surface area (Å²) < 4.78 is 14.3. The average Bonchev–Trinajstić information content (AvgIpc) is 2.59. The SMILES string of the molecule is Cc1nnc(C)n1/N=C/c1ccc(F)cc1. The minimum absolute atomic E-state index is 0.256. The monoisotopic (exact) mass is 218 g/mol. The van der Waals surface area contributed by atoms with Gasteiger partial charge in [-0.3, -0.25) is 0 Å². The first-order chi connectivity index (χ1) is 7.66. The second-order valence-electron chi connectivity index (χ2n) is 3.40. The molecule has 0 spiro atoms. The van der Waals surface area contributed by atoms with Crippen molar-refractivity contribution < 1.29 is 4.39 Å². The van der Waals surface area contributed by atoms with Crippen molar-refractivity contribution in [3.8, 4) is 0 Å². The largest absolute Gasteiger partial charge is 0.207 e. The third kappa shape index (κ3) is 2.13. The summed E-state index contributed by atoms with van der Waals surface area (Å²) in [4.78, 5) is 0. The lowest BCUT2D eigenvalue weighted by Gasteiger charge is -1.97. The topological polar surface area (TPSA) is 43.1 Å². The lowest BCUT2D eigenvalue weighted by molar-refractivity contribution is 0.628. The van der Waals surface area contributed by atoms with Gasteiger partial charge in [0.1, 0.15) is 5.82 Å². The molecule has 4 nitrogen and oxygen atoms in total. The second kappa shape index (κ2) is 4.22. The molecule has 5 heteroatoms. The van der Waals surface area contributed by atoms with Crippen molar-refractivity contribution in [2.24, 2.45) is 5.10 Å². The molecular weight excluding hydrogens is 207 g/mol. The summed E-state index contributed by atoms with van der Waals surface area (Å²) in [5.74, 6) is 1.18. The van der Waals surface area contributed by atoms with Gasteiger partial charge in [0.15, 0.2) is 11.6 Å². The number of benzene rings is 1. The van der Waals surface area contributed by atoms with E-state index in [0.29, 0.717) is 0 Å². The summed E-state index contributed by atoms with van der Waals surface area (Å²) in [7, 11) is 0. The summed E-state index contributed by atoms with van der Waals surface area (Å²) in [6.45, 7) is 3.64. The zero-order valence-corrected chi connectivity index (χ0v) is 9.05. The lowest BCUT2D eigenvalue weighted by Crippen LogP contribution is -1.96. The highest BCUT2D eigenvalue weighted by Crippen LogP contribution is 2.02. The molecule has 1 heterocycles.